The Morgan fingerprint density at radius 3 is 2.89 bits per heavy atom. The van der Waals surface area contributed by atoms with E-state index in [0.717, 1.165) is 35.9 Å². The summed E-state index contributed by atoms with van der Waals surface area (Å²) < 4.78 is 0. The van der Waals surface area contributed by atoms with Gasteiger partial charge in [-0.1, -0.05) is 23.2 Å². The summed E-state index contributed by atoms with van der Waals surface area (Å²) in [6.07, 6.45) is 4.34. The zero-order chi connectivity index (χ0) is 13.1. The van der Waals surface area contributed by atoms with Crippen molar-refractivity contribution in [2.45, 2.75) is 33.6 Å². The van der Waals surface area contributed by atoms with Gasteiger partial charge in [0.25, 0.3) is 0 Å². The summed E-state index contributed by atoms with van der Waals surface area (Å²) in [5.74, 6) is 1.11. The molecule has 0 aliphatic carbocycles. The molecule has 0 N–H and O–H groups in total. The van der Waals surface area contributed by atoms with Crippen LogP contribution in [0.4, 0.5) is 5.69 Å². The average Bonchev–Trinajstić information content (AvgIpc) is 2.70. The zero-order valence-electron chi connectivity index (χ0n) is 11.2. The van der Waals surface area contributed by atoms with Crippen molar-refractivity contribution in [3.05, 3.63) is 40.6 Å². The lowest BCUT2D eigenvalue weighted by Gasteiger charge is -2.14. The number of nitrogens with zero attached hydrogens (tertiary/aromatic N) is 2. The molecule has 1 saturated heterocycles. The third kappa shape index (κ3) is 3.14. The largest absolute Gasteiger partial charge is 0.337 e. The van der Waals surface area contributed by atoms with Gasteiger partial charge in [0.1, 0.15) is 5.84 Å². The van der Waals surface area contributed by atoms with Gasteiger partial charge in [0.15, 0.2) is 0 Å². The van der Waals surface area contributed by atoms with Gasteiger partial charge in [-0.3, -0.25) is 0 Å². The van der Waals surface area contributed by atoms with Crippen molar-refractivity contribution in [3.8, 4) is 0 Å². The third-order valence-electron chi connectivity index (χ3n) is 2.90. The zero-order valence-corrected chi connectivity index (χ0v) is 12.0. The molecule has 0 unspecified atom stereocenters. The number of likely N-dealkylation sites (tertiary alicyclic amines) is 1. The van der Waals surface area contributed by atoms with E-state index in [-0.39, 0.29) is 0 Å². The summed E-state index contributed by atoms with van der Waals surface area (Å²) in [5, 5.41) is 0.720. The van der Waals surface area contributed by atoms with E-state index in [1.54, 1.807) is 0 Å². The monoisotopic (exact) mass is 262 g/mol. The van der Waals surface area contributed by atoms with Gasteiger partial charge in [-0.25, -0.2) is 4.99 Å². The van der Waals surface area contributed by atoms with E-state index >= 15 is 0 Å². The molecule has 0 atom stereocenters. The first-order chi connectivity index (χ1) is 8.56. The number of hydrogen-bond donors (Lipinski definition) is 0. The van der Waals surface area contributed by atoms with Crippen LogP contribution in [-0.2, 0) is 0 Å². The van der Waals surface area contributed by atoms with Crippen LogP contribution in [0, 0.1) is 6.92 Å². The van der Waals surface area contributed by atoms with Gasteiger partial charge in [-0.2, -0.15) is 0 Å². The predicted molar refractivity (Wildman–Crippen MR) is 78.7 cm³/mol. The van der Waals surface area contributed by atoms with Crippen molar-refractivity contribution in [2.75, 3.05) is 6.54 Å². The molecule has 0 saturated carbocycles. The Morgan fingerprint density at radius 1 is 1.39 bits per heavy atom. The highest BCUT2D eigenvalue weighted by atomic mass is 35.5. The summed E-state index contributed by atoms with van der Waals surface area (Å²) in [6, 6.07) is 5.96. The maximum Gasteiger partial charge on any atom is 0.109 e. The van der Waals surface area contributed by atoms with Gasteiger partial charge >= 0.3 is 0 Å². The van der Waals surface area contributed by atoms with Crippen molar-refractivity contribution in [1.29, 1.82) is 0 Å². The number of hydrogen-bond acceptors (Lipinski definition) is 1. The third-order valence-corrected chi connectivity index (χ3v) is 3.22. The average molecular weight is 263 g/mol. The van der Waals surface area contributed by atoms with Crippen molar-refractivity contribution in [3.63, 3.8) is 0 Å². The number of rotatable bonds is 2. The van der Waals surface area contributed by atoms with E-state index < -0.39 is 0 Å². The Kier molecular flexibility index (Phi) is 4.07. The molecule has 3 heteroatoms. The lowest BCUT2D eigenvalue weighted by Crippen LogP contribution is -2.18. The van der Waals surface area contributed by atoms with Gasteiger partial charge in [0.2, 0.25) is 0 Å². The molecular formula is C15H19ClN2. The summed E-state index contributed by atoms with van der Waals surface area (Å²) in [4.78, 5) is 6.95. The molecule has 1 aromatic rings. The second-order valence-electron chi connectivity index (χ2n) is 4.99. The molecule has 18 heavy (non-hydrogen) atoms. The fourth-order valence-corrected chi connectivity index (χ4v) is 2.26. The summed E-state index contributed by atoms with van der Waals surface area (Å²) in [7, 11) is 0. The molecule has 1 heterocycles. The standard InChI is InChI=1S/C15H19ClN2/c1-11(2)10-18-8-4-5-15(18)17-14-9-12(3)6-7-13(14)16/h6-7,9-10H,4-5,8H2,1-3H3. The van der Waals surface area contributed by atoms with Gasteiger partial charge < -0.3 is 4.90 Å². The summed E-state index contributed by atoms with van der Waals surface area (Å²) in [6.45, 7) is 7.32. The number of aliphatic imine (C=N–C) groups is 1. The van der Waals surface area contributed by atoms with Crippen LogP contribution in [0.3, 0.4) is 0 Å². The van der Waals surface area contributed by atoms with Crippen LogP contribution in [0.2, 0.25) is 5.02 Å². The van der Waals surface area contributed by atoms with Crippen LogP contribution in [-0.4, -0.2) is 17.3 Å². The van der Waals surface area contributed by atoms with E-state index in [2.05, 4.69) is 31.9 Å². The number of benzene rings is 1. The van der Waals surface area contributed by atoms with E-state index in [9.17, 15) is 0 Å². The van der Waals surface area contributed by atoms with E-state index in [0.29, 0.717) is 0 Å². The molecule has 1 fully saturated rings. The lowest BCUT2D eigenvalue weighted by molar-refractivity contribution is 0.598. The van der Waals surface area contributed by atoms with Gasteiger partial charge in [-0.15, -0.1) is 0 Å². The molecule has 0 radical (unpaired) electrons. The molecule has 0 bridgehead atoms. The molecule has 1 aliphatic rings. The highest BCUT2D eigenvalue weighted by Gasteiger charge is 2.17. The van der Waals surface area contributed by atoms with Crippen molar-refractivity contribution >= 4 is 23.1 Å². The van der Waals surface area contributed by atoms with Crippen molar-refractivity contribution in [1.82, 2.24) is 4.90 Å². The number of aryl methyl sites for hydroxylation is 1. The molecule has 2 nitrogen and oxygen atoms in total. The van der Waals surface area contributed by atoms with Crippen molar-refractivity contribution < 1.29 is 0 Å². The second-order valence-corrected chi connectivity index (χ2v) is 5.39. The minimum atomic E-state index is 0.720. The van der Waals surface area contributed by atoms with E-state index in [1.165, 1.54) is 11.1 Å². The number of amidine groups is 1. The molecule has 1 aliphatic heterocycles. The predicted octanol–water partition coefficient (Wildman–Crippen LogP) is 4.70. The first-order valence-corrected chi connectivity index (χ1v) is 6.69. The van der Waals surface area contributed by atoms with Crippen LogP contribution >= 0.6 is 11.6 Å². The quantitative estimate of drug-likeness (QED) is 0.754. The van der Waals surface area contributed by atoms with Gasteiger partial charge in [0.05, 0.1) is 10.7 Å². The molecule has 96 valence electrons. The first kappa shape index (κ1) is 13.2. The van der Waals surface area contributed by atoms with E-state index in [1.807, 2.05) is 18.2 Å². The van der Waals surface area contributed by atoms with Crippen LogP contribution in [0.25, 0.3) is 0 Å². The Bertz CT molecular complexity index is 499. The normalized spacial score (nSPS) is 17.3. The summed E-state index contributed by atoms with van der Waals surface area (Å²) >= 11 is 6.19. The molecule has 2 rings (SSSR count). The smallest absolute Gasteiger partial charge is 0.109 e. The first-order valence-electron chi connectivity index (χ1n) is 6.31. The Balaban J connectivity index is 2.32. The second kappa shape index (κ2) is 5.57. The highest BCUT2D eigenvalue weighted by molar-refractivity contribution is 6.33. The maximum atomic E-state index is 6.19. The lowest BCUT2D eigenvalue weighted by atomic mass is 10.2. The van der Waals surface area contributed by atoms with E-state index in [4.69, 9.17) is 16.6 Å². The van der Waals surface area contributed by atoms with Crippen LogP contribution < -0.4 is 0 Å². The van der Waals surface area contributed by atoms with Crippen molar-refractivity contribution in [2.24, 2.45) is 4.99 Å². The highest BCUT2D eigenvalue weighted by Crippen LogP contribution is 2.28. The molecule has 0 aromatic heterocycles. The van der Waals surface area contributed by atoms with Gasteiger partial charge in [0, 0.05) is 19.2 Å². The minimum absolute atomic E-state index is 0.720. The summed E-state index contributed by atoms with van der Waals surface area (Å²) in [5.41, 5.74) is 3.35. The Morgan fingerprint density at radius 2 is 2.17 bits per heavy atom. The molecule has 0 spiro atoms. The topological polar surface area (TPSA) is 15.6 Å². The molecular weight excluding hydrogens is 244 g/mol. The van der Waals surface area contributed by atoms with Crippen LogP contribution in [0.5, 0.6) is 0 Å². The fourth-order valence-electron chi connectivity index (χ4n) is 2.10. The minimum Gasteiger partial charge on any atom is -0.337 e. The Labute approximate surface area is 114 Å². The maximum absolute atomic E-state index is 6.19. The molecule has 1 aromatic carbocycles. The van der Waals surface area contributed by atoms with Crippen LogP contribution in [0.15, 0.2) is 35.0 Å². The fraction of sp³-hybridized carbons (Fsp3) is 0.400. The SMILES string of the molecule is CC(C)=CN1CCCC1=Nc1cc(C)ccc1Cl. The Hall–Kier alpha value is -1.28. The van der Waals surface area contributed by atoms with Crippen LogP contribution in [0.1, 0.15) is 32.3 Å². The number of allylic oxidation sites excluding steroid dienone is 1. The molecule has 0 amide bonds. The number of halogens is 1. The van der Waals surface area contributed by atoms with Gasteiger partial charge in [-0.05, 0) is 44.9 Å².